The van der Waals surface area contributed by atoms with Crippen molar-refractivity contribution in [2.75, 3.05) is 5.88 Å². The number of rotatable bonds is 2. The van der Waals surface area contributed by atoms with E-state index in [-0.39, 0.29) is 12.1 Å². The second kappa shape index (κ2) is 4.92. The van der Waals surface area contributed by atoms with E-state index in [1.165, 1.54) is 19.3 Å². The third-order valence-electron chi connectivity index (χ3n) is 4.25. The Hall–Kier alpha value is -0.440. The van der Waals surface area contributed by atoms with Crippen LogP contribution in [0.2, 0.25) is 0 Å². The molecule has 0 saturated heterocycles. The van der Waals surface area contributed by atoms with E-state index in [0.29, 0.717) is 5.41 Å². The summed E-state index contributed by atoms with van der Waals surface area (Å²) in [7, 11) is 0. The molecular weight excluding hydrogens is 250 g/mol. The van der Waals surface area contributed by atoms with Gasteiger partial charge in [0.25, 0.3) is 0 Å². The molecule has 0 aromatic heterocycles. The van der Waals surface area contributed by atoms with Crippen molar-refractivity contribution in [2.45, 2.75) is 64.5 Å². The molecule has 2 fully saturated rings. The van der Waals surface area contributed by atoms with Crippen molar-refractivity contribution in [3.8, 4) is 0 Å². The van der Waals surface area contributed by atoms with Crippen LogP contribution in [0.3, 0.4) is 0 Å². The molecule has 0 aliphatic heterocycles. The van der Waals surface area contributed by atoms with Crippen LogP contribution in [0, 0.1) is 11.3 Å². The van der Waals surface area contributed by atoms with Crippen LogP contribution in [0.5, 0.6) is 0 Å². The lowest BCUT2D eigenvalue weighted by molar-refractivity contribution is 0.0484. The van der Waals surface area contributed by atoms with Crippen molar-refractivity contribution in [2.24, 2.45) is 11.3 Å². The molecule has 2 aliphatic rings. The SMILES string of the molecule is CC(C)(C)OC(=O)NC1CCC2(CC1)CC2CCl. The van der Waals surface area contributed by atoms with Crippen molar-refractivity contribution < 1.29 is 9.53 Å². The molecule has 1 amide bonds. The van der Waals surface area contributed by atoms with Gasteiger partial charge >= 0.3 is 6.09 Å². The summed E-state index contributed by atoms with van der Waals surface area (Å²) in [6.45, 7) is 5.66. The lowest BCUT2D eigenvalue weighted by Crippen LogP contribution is -2.41. The number of carbonyl (C=O) groups is 1. The Bertz CT molecular complexity index is 316. The van der Waals surface area contributed by atoms with Gasteiger partial charge in [-0.25, -0.2) is 4.79 Å². The molecule has 1 atom stereocenters. The lowest BCUT2D eigenvalue weighted by Gasteiger charge is -2.30. The van der Waals surface area contributed by atoms with Gasteiger partial charge in [0, 0.05) is 11.9 Å². The average Bonchev–Trinajstić information content (AvgIpc) is 2.93. The van der Waals surface area contributed by atoms with Crippen molar-refractivity contribution in [1.29, 1.82) is 0 Å². The fourth-order valence-electron chi connectivity index (χ4n) is 3.07. The zero-order valence-electron chi connectivity index (χ0n) is 11.6. The Morgan fingerprint density at radius 1 is 1.39 bits per heavy atom. The maximum atomic E-state index is 11.7. The highest BCUT2D eigenvalue weighted by atomic mass is 35.5. The number of amides is 1. The van der Waals surface area contributed by atoms with Gasteiger partial charge in [-0.15, -0.1) is 11.6 Å². The van der Waals surface area contributed by atoms with Gasteiger partial charge in [-0.3, -0.25) is 0 Å². The van der Waals surface area contributed by atoms with Crippen LogP contribution in [0.4, 0.5) is 4.79 Å². The van der Waals surface area contributed by atoms with E-state index in [4.69, 9.17) is 16.3 Å². The molecule has 1 spiro atoms. The van der Waals surface area contributed by atoms with Crippen LogP contribution in [0.15, 0.2) is 0 Å². The fourth-order valence-corrected chi connectivity index (χ4v) is 3.51. The topological polar surface area (TPSA) is 38.3 Å². The summed E-state index contributed by atoms with van der Waals surface area (Å²) in [4.78, 5) is 11.7. The minimum Gasteiger partial charge on any atom is -0.444 e. The number of alkyl carbamates (subject to hydrolysis) is 1. The number of carbonyl (C=O) groups excluding carboxylic acids is 1. The number of halogens is 1. The molecule has 0 aromatic rings. The summed E-state index contributed by atoms with van der Waals surface area (Å²) in [6.07, 6.45) is 5.53. The van der Waals surface area contributed by atoms with E-state index in [1.54, 1.807) is 0 Å². The Balaban J connectivity index is 1.73. The molecule has 0 radical (unpaired) electrons. The molecule has 3 nitrogen and oxygen atoms in total. The monoisotopic (exact) mass is 273 g/mol. The van der Waals surface area contributed by atoms with E-state index in [2.05, 4.69) is 5.32 Å². The Morgan fingerprint density at radius 2 is 2.00 bits per heavy atom. The van der Waals surface area contributed by atoms with Crippen LogP contribution in [-0.2, 0) is 4.74 Å². The summed E-state index contributed by atoms with van der Waals surface area (Å²) in [6, 6.07) is 0.280. The molecule has 4 heteroatoms. The van der Waals surface area contributed by atoms with E-state index in [1.807, 2.05) is 20.8 Å². The van der Waals surface area contributed by atoms with Gasteiger partial charge in [0.15, 0.2) is 0 Å². The van der Waals surface area contributed by atoms with Crippen LogP contribution in [-0.4, -0.2) is 23.6 Å². The highest BCUT2D eigenvalue weighted by Crippen LogP contribution is 2.61. The van der Waals surface area contributed by atoms with Crippen molar-refractivity contribution >= 4 is 17.7 Å². The maximum Gasteiger partial charge on any atom is 0.407 e. The maximum absolute atomic E-state index is 11.7. The van der Waals surface area contributed by atoms with Gasteiger partial charge in [0.05, 0.1) is 0 Å². The largest absolute Gasteiger partial charge is 0.444 e. The molecule has 1 N–H and O–H groups in total. The third-order valence-corrected chi connectivity index (χ3v) is 4.62. The van der Waals surface area contributed by atoms with Gasteiger partial charge < -0.3 is 10.1 Å². The van der Waals surface area contributed by atoms with Crippen LogP contribution < -0.4 is 5.32 Å². The first kappa shape index (κ1) is 14.0. The molecule has 2 rings (SSSR count). The standard InChI is InChI=1S/C14H24ClNO2/c1-13(2,3)18-12(17)16-11-4-6-14(7-5-11)8-10(14)9-15/h10-11H,4-9H2,1-3H3,(H,16,17). The van der Waals surface area contributed by atoms with E-state index in [0.717, 1.165) is 24.6 Å². The van der Waals surface area contributed by atoms with Crippen LogP contribution >= 0.6 is 11.6 Å². The minimum absolute atomic E-state index is 0.280. The van der Waals surface area contributed by atoms with Crippen LogP contribution in [0.1, 0.15) is 52.9 Å². The summed E-state index contributed by atoms with van der Waals surface area (Å²) >= 11 is 5.93. The Labute approximate surface area is 115 Å². The second-order valence-electron chi connectivity index (χ2n) is 6.84. The average molecular weight is 274 g/mol. The van der Waals surface area contributed by atoms with Crippen LogP contribution in [0.25, 0.3) is 0 Å². The number of alkyl halides is 1. The smallest absolute Gasteiger partial charge is 0.407 e. The highest BCUT2D eigenvalue weighted by Gasteiger charge is 2.54. The molecule has 2 aliphatic carbocycles. The van der Waals surface area contributed by atoms with Gasteiger partial charge in [0.2, 0.25) is 0 Å². The van der Waals surface area contributed by atoms with E-state index in [9.17, 15) is 4.79 Å². The Morgan fingerprint density at radius 3 is 2.44 bits per heavy atom. The number of hydrogen-bond donors (Lipinski definition) is 1. The molecular formula is C14H24ClNO2. The first-order valence-corrected chi connectivity index (χ1v) is 7.44. The minimum atomic E-state index is -0.416. The van der Waals surface area contributed by atoms with Gasteiger partial charge in [0.1, 0.15) is 5.60 Å². The molecule has 104 valence electrons. The highest BCUT2D eigenvalue weighted by molar-refractivity contribution is 6.18. The Kier molecular flexibility index (Phi) is 3.82. The summed E-state index contributed by atoms with van der Waals surface area (Å²) < 4.78 is 5.28. The molecule has 0 aromatic carbocycles. The van der Waals surface area contributed by atoms with Crippen molar-refractivity contribution in [3.05, 3.63) is 0 Å². The van der Waals surface area contributed by atoms with Crippen molar-refractivity contribution in [3.63, 3.8) is 0 Å². The van der Waals surface area contributed by atoms with E-state index < -0.39 is 5.60 Å². The van der Waals surface area contributed by atoms with E-state index >= 15 is 0 Å². The number of ether oxygens (including phenoxy) is 1. The fraction of sp³-hybridized carbons (Fsp3) is 0.929. The molecule has 2 saturated carbocycles. The summed E-state index contributed by atoms with van der Waals surface area (Å²) in [5, 5.41) is 2.98. The first-order valence-electron chi connectivity index (χ1n) is 6.90. The zero-order valence-corrected chi connectivity index (χ0v) is 12.3. The van der Waals surface area contributed by atoms with Gasteiger partial charge in [-0.1, -0.05) is 0 Å². The van der Waals surface area contributed by atoms with Gasteiger partial charge in [-0.2, -0.15) is 0 Å². The summed E-state index contributed by atoms with van der Waals surface area (Å²) in [5.41, 5.74) is 0.105. The van der Waals surface area contributed by atoms with Crippen molar-refractivity contribution in [1.82, 2.24) is 5.32 Å². The second-order valence-corrected chi connectivity index (χ2v) is 7.15. The quantitative estimate of drug-likeness (QED) is 0.779. The normalized spacial score (nSPS) is 35.3. The number of hydrogen-bond acceptors (Lipinski definition) is 2. The first-order chi connectivity index (χ1) is 8.35. The molecule has 1 unspecified atom stereocenters. The zero-order chi connectivity index (χ0) is 13.4. The molecule has 18 heavy (non-hydrogen) atoms. The predicted octanol–water partition coefficient (Wildman–Crippen LogP) is 3.70. The number of nitrogens with one attached hydrogen (secondary N) is 1. The summed E-state index contributed by atoms with van der Waals surface area (Å²) in [5.74, 6) is 1.52. The third kappa shape index (κ3) is 3.31. The predicted molar refractivity (Wildman–Crippen MR) is 72.9 cm³/mol. The lowest BCUT2D eigenvalue weighted by atomic mass is 9.82. The van der Waals surface area contributed by atoms with Gasteiger partial charge in [-0.05, 0) is 64.2 Å². The molecule has 0 heterocycles. The molecule has 0 bridgehead atoms.